The van der Waals surface area contributed by atoms with Gasteiger partial charge in [-0.15, -0.1) is 0 Å². The number of amides is 1. The van der Waals surface area contributed by atoms with Crippen LogP contribution in [-0.4, -0.2) is 34.5 Å². The summed E-state index contributed by atoms with van der Waals surface area (Å²) in [6, 6.07) is 0.950. The zero-order valence-electron chi connectivity index (χ0n) is 13.1. The molecular formula is C14H16F3N3O5. The highest BCUT2D eigenvalue weighted by molar-refractivity contribution is 5.83. The molecule has 0 aromatic heterocycles. The summed E-state index contributed by atoms with van der Waals surface area (Å²) in [6.45, 7) is 1.46. The molecule has 0 saturated heterocycles. The van der Waals surface area contributed by atoms with Gasteiger partial charge in [-0.05, 0) is 18.6 Å². The zero-order valence-corrected chi connectivity index (χ0v) is 13.1. The van der Waals surface area contributed by atoms with E-state index in [2.05, 4.69) is 10.6 Å². The predicted octanol–water partition coefficient (Wildman–Crippen LogP) is 2.39. The summed E-state index contributed by atoms with van der Waals surface area (Å²) < 4.78 is 37.8. The number of carbonyl (C=O) groups excluding carboxylic acids is 1. The quantitative estimate of drug-likeness (QED) is 0.482. The molecule has 11 heteroatoms. The van der Waals surface area contributed by atoms with Crippen molar-refractivity contribution >= 4 is 23.3 Å². The number of carboxylic acid groups (broad SMARTS) is 1. The molecule has 0 aliphatic carbocycles. The average molecular weight is 363 g/mol. The second kappa shape index (κ2) is 8.31. The van der Waals surface area contributed by atoms with Gasteiger partial charge in [0, 0.05) is 19.0 Å². The number of anilines is 1. The van der Waals surface area contributed by atoms with Gasteiger partial charge in [0.1, 0.15) is 11.7 Å². The summed E-state index contributed by atoms with van der Waals surface area (Å²) in [5.74, 6) is -1.79. The molecule has 1 amide bonds. The minimum Gasteiger partial charge on any atom is -0.480 e. The van der Waals surface area contributed by atoms with Gasteiger partial charge < -0.3 is 15.7 Å². The number of nitro groups is 1. The molecule has 3 N–H and O–H groups in total. The number of alkyl halides is 3. The monoisotopic (exact) mass is 363 g/mol. The van der Waals surface area contributed by atoms with Gasteiger partial charge in [-0.2, -0.15) is 13.2 Å². The highest BCUT2D eigenvalue weighted by atomic mass is 19.4. The molecule has 25 heavy (non-hydrogen) atoms. The number of halogens is 3. The molecule has 1 atom stereocenters. The molecule has 8 nitrogen and oxygen atoms in total. The number of nitrogens with one attached hydrogen (secondary N) is 2. The SMILES string of the molecule is CCC(NC(=O)CCNc1ccc(C(F)(F)F)cc1[N+](=O)[O-])C(=O)O. The molecule has 1 unspecified atom stereocenters. The third kappa shape index (κ3) is 5.94. The molecule has 0 saturated carbocycles. The van der Waals surface area contributed by atoms with Crippen molar-refractivity contribution in [3.63, 3.8) is 0 Å². The summed E-state index contributed by atoms with van der Waals surface area (Å²) in [4.78, 5) is 32.4. The van der Waals surface area contributed by atoms with Crippen LogP contribution in [0.4, 0.5) is 24.5 Å². The van der Waals surface area contributed by atoms with Crippen LogP contribution in [0.5, 0.6) is 0 Å². The van der Waals surface area contributed by atoms with Gasteiger partial charge in [-0.25, -0.2) is 4.79 Å². The molecule has 1 aromatic rings. The molecule has 1 rings (SSSR count). The highest BCUT2D eigenvalue weighted by Crippen LogP contribution is 2.34. The zero-order chi connectivity index (χ0) is 19.2. The lowest BCUT2D eigenvalue weighted by Crippen LogP contribution is -2.40. The normalized spacial score (nSPS) is 12.3. The van der Waals surface area contributed by atoms with Crippen LogP contribution < -0.4 is 10.6 Å². The largest absolute Gasteiger partial charge is 0.480 e. The Morgan fingerprint density at radius 3 is 2.48 bits per heavy atom. The first-order valence-corrected chi connectivity index (χ1v) is 7.18. The Morgan fingerprint density at radius 2 is 2.00 bits per heavy atom. The minimum absolute atomic E-state index is 0.117. The maximum absolute atomic E-state index is 12.6. The number of rotatable bonds is 8. The van der Waals surface area contributed by atoms with Gasteiger partial charge in [-0.3, -0.25) is 14.9 Å². The summed E-state index contributed by atoms with van der Waals surface area (Å²) in [6.07, 6.45) is -4.74. The van der Waals surface area contributed by atoms with Crippen molar-refractivity contribution < 1.29 is 32.8 Å². The third-order valence-electron chi connectivity index (χ3n) is 3.23. The van der Waals surface area contributed by atoms with Crippen molar-refractivity contribution in [3.05, 3.63) is 33.9 Å². The van der Waals surface area contributed by atoms with E-state index in [0.717, 1.165) is 6.07 Å². The number of carbonyl (C=O) groups is 2. The fourth-order valence-corrected chi connectivity index (χ4v) is 1.92. The smallest absolute Gasteiger partial charge is 0.416 e. The minimum atomic E-state index is -4.71. The van der Waals surface area contributed by atoms with Crippen LogP contribution in [0.15, 0.2) is 18.2 Å². The van der Waals surface area contributed by atoms with Gasteiger partial charge >= 0.3 is 12.1 Å². The molecule has 0 radical (unpaired) electrons. The van der Waals surface area contributed by atoms with E-state index in [9.17, 15) is 32.9 Å². The Morgan fingerprint density at radius 1 is 1.36 bits per heavy atom. The average Bonchev–Trinajstić information content (AvgIpc) is 2.51. The van der Waals surface area contributed by atoms with Gasteiger partial charge in [0.25, 0.3) is 5.69 Å². The lowest BCUT2D eigenvalue weighted by Gasteiger charge is -2.13. The van der Waals surface area contributed by atoms with E-state index in [0.29, 0.717) is 12.1 Å². The first kappa shape index (κ1) is 20.2. The van der Waals surface area contributed by atoms with Gasteiger partial charge in [0.2, 0.25) is 5.91 Å². The summed E-state index contributed by atoms with van der Waals surface area (Å²) in [5.41, 5.74) is -2.10. The molecule has 0 bridgehead atoms. The summed E-state index contributed by atoms with van der Waals surface area (Å²) in [7, 11) is 0. The van der Waals surface area contributed by atoms with E-state index < -0.39 is 40.3 Å². The summed E-state index contributed by atoms with van der Waals surface area (Å²) >= 11 is 0. The molecule has 1 aromatic carbocycles. The van der Waals surface area contributed by atoms with Gasteiger partial charge in [-0.1, -0.05) is 6.92 Å². The Balaban J connectivity index is 2.73. The maximum atomic E-state index is 12.6. The van der Waals surface area contributed by atoms with Gasteiger partial charge in [0.05, 0.1) is 10.5 Å². The number of hydrogen-bond acceptors (Lipinski definition) is 5. The Hall–Kier alpha value is -2.85. The molecule has 138 valence electrons. The molecule has 0 heterocycles. The number of nitrogens with zero attached hydrogens (tertiary/aromatic N) is 1. The van der Waals surface area contributed by atoms with Gasteiger partial charge in [0.15, 0.2) is 0 Å². The van der Waals surface area contributed by atoms with Crippen LogP contribution in [0.1, 0.15) is 25.3 Å². The fraction of sp³-hybridized carbons (Fsp3) is 0.429. The molecule has 0 aliphatic heterocycles. The molecule has 0 aliphatic rings. The highest BCUT2D eigenvalue weighted by Gasteiger charge is 2.33. The van der Waals surface area contributed by atoms with E-state index in [4.69, 9.17) is 5.11 Å². The second-order valence-corrected chi connectivity index (χ2v) is 5.03. The van der Waals surface area contributed by atoms with Crippen LogP contribution in [0.3, 0.4) is 0 Å². The number of benzene rings is 1. The maximum Gasteiger partial charge on any atom is 0.416 e. The van der Waals surface area contributed by atoms with Crippen molar-refractivity contribution in [3.8, 4) is 0 Å². The first-order chi connectivity index (χ1) is 11.6. The lowest BCUT2D eigenvalue weighted by molar-refractivity contribution is -0.384. The number of carboxylic acids is 1. The van der Waals surface area contributed by atoms with Crippen molar-refractivity contribution in [1.82, 2.24) is 5.32 Å². The topological polar surface area (TPSA) is 122 Å². The van der Waals surface area contributed by atoms with Crippen LogP contribution in [-0.2, 0) is 15.8 Å². The van der Waals surface area contributed by atoms with Crippen molar-refractivity contribution in [2.24, 2.45) is 0 Å². The van der Waals surface area contributed by atoms with E-state index in [-0.39, 0.29) is 25.1 Å². The Labute approximate surface area is 140 Å². The van der Waals surface area contributed by atoms with Crippen molar-refractivity contribution in [2.75, 3.05) is 11.9 Å². The Bertz CT molecular complexity index is 664. The fourth-order valence-electron chi connectivity index (χ4n) is 1.92. The molecule has 0 spiro atoms. The lowest BCUT2D eigenvalue weighted by atomic mass is 10.1. The molecule has 0 fully saturated rings. The first-order valence-electron chi connectivity index (χ1n) is 7.18. The van der Waals surface area contributed by atoms with Crippen molar-refractivity contribution in [2.45, 2.75) is 32.0 Å². The molecular weight excluding hydrogens is 347 g/mol. The second-order valence-electron chi connectivity index (χ2n) is 5.03. The number of aliphatic carboxylic acids is 1. The van der Waals surface area contributed by atoms with Crippen LogP contribution in [0, 0.1) is 10.1 Å². The predicted molar refractivity (Wildman–Crippen MR) is 81.1 cm³/mol. The van der Waals surface area contributed by atoms with E-state index in [1.165, 1.54) is 0 Å². The van der Waals surface area contributed by atoms with Crippen LogP contribution in [0.2, 0.25) is 0 Å². The van der Waals surface area contributed by atoms with E-state index in [1.54, 1.807) is 6.92 Å². The Kier molecular flexibility index (Phi) is 6.71. The number of nitro benzene ring substituents is 1. The van der Waals surface area contributed by atoms with E-state index in [1.807, 2.05) is 0 Å². The third-order valence-corrected chi connectivity index (χ3v) is 3.23. The number of hydrogen-bond donors (Lipinski definition) is 3. The van der Waals surface area contributed by atoms with Crippen LogP contribution >= 0.6 is 0 Å². The standard InChI is InChI=1S/C14H16F3N3O5/c1-2-9(13(22)23)19-12(21)5-6-18-10-4-3-8(14(15,16)17)7-11(10)20(24)25/h3-4,7,9,18H,2,5-6H2,1H3,(H,19,21)(H,22,23). The van der Waals surface area contributed by atoms with Crippen molar-refractivity contribution in [1.29, 1.82) is 0 Å². The summed E-state index contributed by atoms with van der Waals surface area (Å²) in [5, 5.41) is 24.5. The van der Waals surface area contributed by atoms with E-state index >= 15 is 0 Å². The van der Waals surface area contributed by atoms with Crippen LogP contribution in [0.25, 0.3) is 0 Å².